The second kappa shape index (κ2) is 16.8. The number of likely N-dealkylation sites (tertiary alicyclic amines) is 2. The molecule has 2 amide bonds. The van der Waals surface area contributed by atoms with E-state index in [-0.39, 0.29) is 23.7 Å². The van der Waals surface area contributed by atoms with Gasteiger partial charge in [0.1, 0.15) is 12.3 Å². The fraction of sp³-hybridized carbons (Fsp3) is 0.524. The maximum Gasteiger partial charge on any atom is 0.223 e. The van der Waals surface area contributed by atoms with Crippen LogP contribution in [0, 0.1) is 11.8 Å². The minimum atomic E-state index is -0.783. The Bertz CT molecular complexity index is 1490. The van der Waals surface area contributed by atoms with Crippen molar-refractivity contribution in [2.75, 3.05) is 26.2 Å². The smallest absolute Gasteiger partial charge is 0.223 e. The number of carbonyl (C=O) groups excluding carboxylic acids is 2. The van der Waals surface area contributed by atoms with E-state index < -0.39 is 12.3 Å². The monoisotopic (exact) mass is 682 g/mol. The van der Waals surface area contributed by atoms with Crippen LogP contribution in [0.2, 0.25) is 0 Å². The van der Waals surface area contributed by atoms with E-state index in [9.17, 15) is 18.4 Å². The lowest BCUT2D eigenvalue weighted by atomic mass is 9.88. The van der Waals surface area contributed by atoms with Crippen LogP contribution in [-0.4, -0.2) is 71.6 Å². The predicted octanol–water partition coefficient (Wildman–Crippen LogP) is 9.26. The highest BCUT2D eigenvalue weighted by Gasteiger charge is 2.29. The molecule has 0 aliphatic carbocycles. The topological polar surface area (TPSA) is 65.3 Å². The van der Waals surface area contributed by atoms with E-state index in [1.165, 1.54) is 11.1 Å². The molecule has 266 valence electrons. The summed E-state index contributed by atoms with van der Waals surface area (Å²) in [7, 11) is 0. The van der Waals surface area contributed by atoms with Gasteiger partial charge >= 0.3 is 0 Å². The van der Waals surface area contributed by atoms with E-state index in [1.807, 2.05) is 22.2 Å². The van der Waals surface area contributed by atoms with Crippen LogP contribution in [0.15, 0.2) is 70.9 Å². The largest absolute Gasteiger partial charge is 0.342 e. The lowest BCUT2D eigenvalue weighted by Gasteiger charge is -2.30. The molecule has 50 heavy (non-hydrogen) atoms. The van der Waals surface area contributed by atoms with Crippen LogP contribution in [0.4, 0.5) is 8.78 Å². The highest BCUT2D eigenvalue weighted by Crippen LogP contribution is 2.34. The zero-order valence-corrected chi connectivity index (χ0v) is 29.8. The Hall–Kier alpha value is -3.94. The summed E-state index contributed by atoms with van der Waals surface area (Å²) in [6.45, 7) is 6.36. The summed E-state index contributed by atoms with van der Waals surface area (Å²) < 4.78 is 27.2. The van der Waals surface area contributed by atoms with Crippen molar-refractivity contribution in [2.45, 2.75) is 103 Å². The number of rotatable bonds is 13. The summed E-state index contributed by atoms with van der Waals surface area (Å²) in [4.78, 5) is 39.3. The SMILES string of the molecule is CCC[C@H](CC(=O)N1CCC(F)CC1)C1=NC=C(c2ccc(-c3ccc(C4=CN=C([C@H](CCC)CC(=O)N5CCC(F)CC5)C4)cc3)cc2)C1. The molecule has 4 heterocycles. The lowest BCUT2D eigenvalue weighted by molar-refractivity contribution is -0.134. The lowest BCUT2D eigenvalue weighted by Crippen LogP contribution is -2.40. The molecule has 4 aliphatic heterocycles. The summed E-state index contributed by atoms with van der Waals surface area (Å²) in [5.74, 6) is 0.479. The quantitative estimate of drug-likeness (QED) is 0.211. The normalized spacial score (nSPS) is 19.9. The average Bonchev–Trinajstić information content (AvgIpc) is 3.83. The molecule has 0 bridgehead atoms. The zero-order chi connectivity index (χ0) is 35.0. The van der Waals surface area contributed by atoms with Crippen molar-refractivity contribution in [1.82, 2.24) is 9.80 Å². The van der Waals surface area contributed by atoms with Gasteiger partial charge in [-0.15, -0.1) is 0 Å². The van der Waals surface area contributed by atoms with Crippen LogP contribution in [0.25, 0.3) is 22.3 Å². The third kappa shape index (κ3) is 8.85. The van der Waals surface area contributed by atoms with E-state index in [0.717, 1.165) is 72.2 Å². The van der Waals surface area contributed by atoms with Gasteiger partial charge in [0.15, 0.2) is 0 Å². The molecule has 4 aliphatic rings. The molecule has 8 heteroatoms. The molecule has 2 aromatic rings. The Morgan fingerprint density at radius 3 is 1.30 bits per heavy atom. The van der Waals surface area contributed by atoms with Crippen molar-refractivity contribution in [2.24, 2.45) is 21.8 Å². The van der Waals surface area contributed by atoms with Gasteiger partial charge in [-0.25, -0.2) is 8.78 Å². The summed E-state index contributed by atoms with van der Waals surface area (Å²) in [5.41, 5.74) is 9.07. The molecular formula is C42H52F2N4O2. The molecule has 0 N–H and O–H groups in total. The van der Waals surface area contributed by atoms with Gasteiger partial charge in [0.2, 0.25) is 11.8 Å². The number of hydrogen-bond donors (Lipinski definition) is 0. The Kier molecular flexibility index (Phi) is 12.1. The summed E-state index contributed by atoms with van der Waals surface area (Å²) in [6.07, 6.45) is 10.4. The summed E-state index contributed by atoms with van der Waals surface area (Å²) in [6, 6.07) is 17.2. The number of amides is 2. The fourth-order valence-electron chi connectivity index (χ4n) is 7.85. The molecule has 0 saturated carbocycles. The third-order valence-corrected chi connectivity index (χ3v) is 11.0. The van der Waals surface area contributed by atoms with Gasteiger partial charge in [-0.05, 0) is 71.9 Å². The standard InChI is InChI=1S/C42H52F2N4O2/c1-3-5-33(25-41(49)47-19-15-37(43)16-20-47)39-23-35(27-45-39)31-11-7-29(8-12-31)30-9-13-32(14-10-30)36-24-40(46-28-36)34(6-4-2)26-42(50)48-21-17-38(44)18-22-48/h7-14,27-28,33-34,37-38H,3-6,15-26H2,1-2H3/t33-,34-/m1/s1. The second-order valence-corrected chi connectivity index (χ2v) is 14.5. The van der Waals surface area contributed by atoms with Crippen molar-refractivity contribution in [3.05, 3.63) is 72.1 Å². The van der Waals surface area contributed by atoms with E-state index in [0.29, 0.717) is 64.7 Å². The Morgan fingerprint density at radius 1 is 0.620 bits per heavy atom. The van der Waals surface area contributed by atoms with E-state index in [1.54, 1.807) is 0 Å². The average molecular weight is 683 g/mol. The fourth-order valence-corrected chi connectivity index (χ4v) is 7.85. The summed E-state index contributed by atoms with van der Waals surface area (Å²) >= 11 is 0. The van der Waals surface area contributed by atoms with E-state index >= 15 is 0 Å². The molecule has 0 unspecified atom stereocenters. The van der Waals surface area contributed by atoms with Gasteiger partial charge in [0.05, 0.1) is 0 Å². The molecule has 2 atom stereocenters. The van der Waals surface area contributed by atoms with Crippen LogP contribution in [0.3, 0.4) is 0 Å². The van der Waals surface area contributed by atoms with Gasteiger partial charge in [-0.2, -0.15) is 0 Å². The van der Waals surface area contributed by atoms with Crippen molar-refractivity contribution in [1.29, 1.82) is 0 Å². The molecular weight excluding hydrogens is 630 g/mol. The first-order valence-electron chi connectivity index (χ1n) is 18.9. The van der Waals surface area contributed by atoms with Crippen LogP contribution in [-0.2, 0) is 9.59 Å². The maximum atomic E-state index is 13.6. The molecule has 2 fully saturated rings. The second-order valence-electron chi connectivity index (χ2n) is 14.5. The molecule has 0 aromatic heterocycles. The Balaban J connectivity index is 1.01. The highest BCUT2D eigenvalue weighted by atomic mass is 19.1. The first-order valence-corrected chi connectivity index (χ1v) is 18.9. The van der Waals surface area contributed by atoms with Gasteiger partial charge in [-0.3, -0.25) is 19.6 Å². The van der Waals surface area contributed by atoms with Crippen molar-refractivity contribution in [3.8, 4) is 11.1 Å². The maximum absolute atomic E-state index is 13.6. The first-order chi connectivity index (χ1) is 24.3. The number of carbonyl (C=O) groups is 2. The van der Waals surface area contributed by atoms with Crippen LogP contribution < -0.4 is 0 Å². The number of aliphatic imine (C=N–C) groups is 2. The van der Waals surface area contributed by atoms with Crippen LogP contribution >= 0.6 is 0 Å². The highest BCUT2D eigenvalue weighted by molar-refractivity contribution is 6.02. The van der Waals surface area contributed by atoms with Gasteiger partial charge in [0.25, 0.3) is 0 Å². The number of alkyl halides is 2. The number of hydrogen-bond acceptors (Lipinski definition) is 4. The van der Waals surface area contributed by atoms with Crippen LogP contribution in [0.5, 0.6) is 0 Å². The minimum Gasteiger partial charge on any atom is -0.342 e. The molecule has 2 saturated heterocycles. The molecule has 6 nitrogen and oxygen atoms in total. The third-order valence-electron chi connectivity index (χ3n) is 11.0. The molecule has 6 rings (SSSR count). The Labute approximate surface area is 296 Å². The minimum absolute atomic E-state index is 0.116. The number of allylic oxidation sites excluding steroid dienone is 2. The van der Waals surface area contributed by atoms with Gasteiger partial charge < -0.3 is 9.80 Å². The number of halogens is 2. The molecule has 0 spiro atoms. The number of piperidine rings is 2. The number of nitrogens with zero attached hydrogens (tertiary/aromatic N) is 4. The van der Waals surface area contributed by atoms with Gasteiger partial charge in [-0.1, -0.05) is 75.2 Å². The van der Waals surface area contributed by atoms with Crippen molar-refractivity contribution >= 4 is 34.4 Å². The van der Waals surface area contributed by atoms with E-state index in [2.05, 4.69) is 62.4 Å². The van der Waals surface area contributed by atoms with Crippen molar-refractivity contribution in [3.63, 3.8) is 0 Å². The zero-order valence-electron chi connectivity index (χ0n) is 29.8. The van der Waals surface area contributed by atoms with Crippen molar-refractivity contribution < 1.29 is 18.4 Å². The Morgan fingerprint density at radius 2 is 0.960 bits per heavy atom. The first kappa shape index (κ1) is 35.9. The van der Waals surface area contributed by atoms with E-state index in [4.69, 9.17) is 9.98 Å². The van der Waals surface area contributed by atoms with Gasteiger partial charge in [0, 0.05) is 87.5 Å². The summed E-state index contributed by atoms with van der Waals surface area (Å²) in [5, 5.41) is 0. The predicted molar refractivity (Wildman–Crippen MR) is 199 cm³/mol. The van der Waals surface area contributed by atoms with Crippen LogP contribution in [0.1, 0.15) is 102 Å². The molecule has 0 radical (unpaired) electrons. The number of benzene rings is 2. The molecule has 2 aromatic carbocycles.